The molecule has 3 aromatic rings. The average molecular weight is 457 g/mol. The second-order valence-corrected chi connectivity index (χ2v) is 7.65. The van der Waals surface area contributed by atoms with Gasteiger partial charge in [-0.1, -0.05) is 30.0 Å². The number of para-hydroxylation sites is 1. The molecule has 1 aliphatic heterocycles. The molecule has 2 amide bonds. The molecule has 172 valence electrons. The number of aliphatic hydroxyl groups is 1. The van der Waals surface area contributed by atoms with Crippen LogP contribution in [0.15, 0.2) is 66.9 Å². The van der Waals surface area contributed by atoms with Crippen LogP contribution in [-0.2, 0) is 4.79 Å². The van der Waals surface area contributed by atoms with E-state index in [4.69, 9.17) is 9.47 Å². The molecule has 2 aromatic carbocycles. The number of nitrogens with zero attached hydrogens (tertiary/aromatic N) is 2. The van der Waals surface area contributed by atoms with Crippen molar-refractivity contribution < 1.29 is 24.2 Å². The molecule has 1 unspecified atom stereocenters. The summed E-state index contributed by atoms with van der Waals surface area (Å²) in [6.45, 7) is 1.53. The first-order chi connectivity index (χ1) is 16.4. The van der Waals surface area contributed by atoms with Gasteiger partial charge in [0.1, 0.15) is 41.7 Å². The van der Waals surface area contributed by atoms with Gasteiger partial charge < -0.3 is 24.8 Å². The summed E-state index contributed by atoms with van der Waals surface area (Å²) in [5, 5.41) is 12.1. The maximum Gasteiger partial charge on any atom is 0.270 e. The molecule has 0 bridgehead atoms. The minimum absolute atomic E-state index is 0.0409. The van der Waals surface area contributed by atoms with Gasteiger partial charge in [-0.25, -0.2) is 0 Å². The van der Waals surface area contributed by atoms with E-state index in [1.54, 1.807) is 50.4 Å². The van der Waals surface area contributed by atoms with E-state index in [9.17, 15) is 14.7 Å². The Kier molecular flexibility index (Phi) is 6.76. The van der Waals surface area contributed by atoms with Crippen LogP contribution < -0.4 is 19.7 Å². The maximum absolute atomic E-state index is 13.1. The van der Waals surface area contributed by atoms with Gasteiger partial charge in [0.25, 0.3) is 11.8 Å². The third-order valence-corrected chi connectivity index (χ3v) is 5.03. The molecule has 2 heterocycles. The van der Waals surface area contributed by atoms with Crippen molar-refractivity contribution in [3.05, 3.63) is 78.1 Å². The number of hydrogen-bond acceptors (Lipinski definition) is 6. The van der Waals surface area contributed by atoms with Gasteiger partial charge in [0.15, 0.2) is 0 Å². The van der Waals surface area contributed by atoms with Gasteiger partial charge in [-0.3, -0.25) is 14.6 Å². The molecule has 2 atom stereocenters. The third-order valence-electron chi connectivity index (χ3n) is 5.03. The third kappa shape index (κ3) is 5.34. The van der Waals surface area contributed by atoms with Gasteiger partial charge in [0, 0.05) is 24.9 Å². The van der Waals surface area contributed by atoms with Gasteiger partial charge in [-0.05, 0) is 43.3 Å². The number of amides is 2. The van der Waals surface area contributed by atoms with E-state index in [1.807, 2.05) is 18.2 Å². The highest BCUT2D eigenvalue weighted by Gasteiger charge is 2.31. The summed E-state index contributed by atoms with van der Waals surface area (Å²) < 4.78 is 11.6. The Balaban J connectivity index is 1.48. The maximum atomic E-state index is 13.1. The van der Waals surface area contributed by atoms with Crippen molar-refractivity contribution in [2.24, 2.45) is 0 Å². The number of anilines is 1. The summed E-state index contributed by atoms with van der Waals surface area (Å²) in [5.41, 5.74) is 1.27. The molecule has 0 saturated carbocycles. The Bertz CT molecular complexity index is 1260. The number of fused-ring (bicyclic) bond motifs is 1. The summed E-state index contributed by atoms with van der Waals surface area (Å²) >= 11 is 0. The van der Waals surface area contributed by atoms with Gasteiger partial charge in [-0.15, -0.1) is 0 Å². The van der Waals surface area contributed by atoms with E-state index < -0.39 is 18.1 Å². The van der Waals surface area contributed by atoms with Crippen molar-refractivity contribution in [3.63, 3.8) is 0 Å². The fourth-order valence-corrected chi connectivity index (χ4v) is 3.32. The Morgan fingerprint density at radius 2 is 2.00 bits per heavy atom. The average Bonchev–Trinajstić information content (AvgIpc) is 2.95. The molecule has 0 radical (unpaired) electrons. The zero-order chi connectivity index (χ0) is 24.1. The lowest BCUT2D eigenvalue weighted by atomic mass is 10.1. The standard InChI is InChI=1S/C26H23N3O5/c1-17(30)8-9-18-10-11-24-23(14-18)29(2)26(32)22(16-33-24)28-25(31)21-15-20(12-13-27-21)34-19-6-4-3-5-7-19/h3-7,10-15,17,22,30H,16H2,1-2H3,(H,28,31)/t17?,22-/m1/s1. The topological polar surface area (TPSA) is 101 Å². The molecule has 1 aromatic heterocycles. The van der Waals surface area contributed by atoms with Crippen LogP contribution >= 0.6 is 0 Å². The van der Waals surface area contributed by atoms with E-state index in [2.05, 4.69) is 22.1 Å². The SMILES string of the molecule is CC(O)C#Cc1ccc2c(c1)N(C)C(=O)[C@H](NC(=O)c1cc(Oc3ccccc3)ccn1)CO2. The summed E-state index contributed by atoms with van der Waals surface area (Å²) in [7, 11) is 1.60. The first kappa shape index (κ1) is 22.8. The number of nitrogens with one attached hydrogen (secondary N) is 1. The first-order valence-electron chi connectivity index (χ1n) is 10.6. The van der Waals surface area contributed by atoms with Crippen molar-refractivity contribution in [3.8, 4) is 29.1 Å². The number of ether oxygens (including phenoxy) is 2. The Labute approximate surface area is 197 Å². The highest BCUT2D eigenvalue weighted by Crippen LogP contribution is 2.31. The molecule has 8 nitrogen and oxygen atoms in total. The molecular formula is C26H23N3O5. The highest BCUT2D eigenvalue weighted by atomic mass is 16.5. The fourth-order valence-electron chi connectivity index (χ4n) is 3.32. The second-order valence-electron chi connectivity index (χ2n) is 7.65. The van der Waals surface area contributed by atoms with Crippen LogP contribution in [0.3, 0.4) is 0 Å². The molecule has 1 aliphatic rings. The summed E-state index contributed by atoms with van der Waals surface area (Å²) in [6, 6.07) is 16.6. The van der Waals surface area contributed by atoms with Crippen molar-refractivity contribution in [1.29, 1.82) is 0 Å². The molecule has 0 aliphatic carbocycles. The fraction of sp³-hybridized carbons (Fsp3) is 0.192. The molecule has 0 saturated heterocycles. The molecule has 0 spiro atoms. The number of hydrogen-bond donors (Lipinski definition) is 2. The summed E-state index contributed by atoms with van der Waals surface area (Å²) in [6.07, 6.45) is 0.704. The smallest absolute Gasteiger partial charge is 0.270 e. The number of benzene rings is 2. The Hall–Kier alpha value is -4.35. The lowest BCUT2D eigenvalue weighted by Crippen LogP contribution is -2.49. The Morgan fingerprint density at radius 3 is 2.76 bits per heavy atom. The lowest BCUT2D eigenvalue weighted by molar-refractivity contribution is -0.120. The van der Waals surface area contributed by atoms with Gasteiger partial charge >= 0.3 is 0 Å². The zero-order valence-corrected chi connectivity index (χ0v) is 18.7. The number of likely N-dealkylation sites (N-methyl/N-ethyl adjacent to an activating group) is 1. The second kappa shape index (κ2) is 10.1. The number of aromatic nitrogens is 1. The van der Waals surface area contributed by atoms with Crippen molar-refractivity contribution in [1.82, 2.24) is 10.3 Å². The number of rotatable bonds is 4. The highest BCUT2D eigenvalue weighted by molar-refractivity contribution is 6.03. The van der Waals surface area contributed by atoms with Crippen LogP contribution in [0.5, 0.6) is 17.2 Å². The van der Waals surface area contributed by atoms with Gasteiger partial charge in [-0.2, -0.15) is 0 Å². The van der Waals surface area contributed by atoms with Crippen LogP contribution in [0.4, 0.5) is 5.69 Å². The van der Waals surface area contributed by atoms with E-state index >= 15 is 0 Å². The van der Waals surface area contributed by atoms with Crippen LogP contribution in [-0.4, -0.2) is 47.7 Å². The van der Waals surface area contributed by atoms with Crippen molar-refractivity contribution in [2.75, 3.05) is 18.6 Å². The zero-order valence-electron chi connectivity index (χ0n) is 18.7. The van der Waals surface area contributed by atoms with E-state index in [0.29, 0.717) is 28.5 Å². The van der Waals surface area contributed by atoms with Crippen LogP contribution in [0.2, 0.25) is 0 Å². The molecule has 34 heavy (non-hydrogen) atoms. The quantitative estimate of drug-likeness (QED) is 0.585. The number of aliphatic hydroxyl groups excluding tert-OH is 1. The number of carbonyl (C=O) groups excluding carboxylic acids is 2. The van der Waals surface area contributed by atoms with Crippen LogP contribution in [0, 0.1) is 11.8 Å². The predicted molar refractivity (Wildman–Crippen MR) is 126 cm³/mol. The monoisotopic (exact) mass is 457 g/mol. The van der Waals surface area contributed by atoms with E-state index in [-0.39, 0.29) is 18.2 Å². The molecule has 4 rings (SSSR count). The molecular weight excluding hydrogens is 434 g/mol. The van der Waals surface area contributed by atoms with Gasteiger partial charge in [0.2, 0.25) is 0 Å². The number of carbonyl (C=O) groups is 2. The Morgan fingerprint density at radius 1 is 1.21 bits per heavy atom. The molecule has 2 N–H and O–H groups in total. The van der Waals surface area contributed by atoms with E-state index in [1.165, 1.54) is 17.2 Å². The van der Waals surface area contributed by atoms with Crippen molar-refractivity contribution >= 4 is 17.5 Å². The number of pyridine rings is 1. The largest absolute Gasteiger partial charge is 0.489 e. The van der Waals surface area contributed by atoms with Crippen molar-refractivity contribution in [2.45, 2.75) is 19.1 Å². The van der Waals surface area contributed by atoms with Gasteiger partial charge in [0.05, 0.1) is 5.69 Å². The first-order valence-corrected chi connectivity index (χ1v) is 10.6. The molecule has 8 heteroatoms. The van der Waals surface area contributed by atoms with E-state index in [0.717, 1.165) is 0 Å². The lowest BCUT2D eigenvalue weighted by Gasteiger charge is -2.20. The molecule has 0 fully saturated rings. The minimum atomic E-state index is -0.919. The van der Waals surface area contributed by atoms with Crippen LogP contribution in [0.1, 0.15) is 23.0 Å². The van der Waals surface area contributed by atoms with Crippen LogP contribution in [0.25, 0.3) is 0 Å². The minimum Gasteiger partial charge on any atom is -0.489 e. The predicted octanol–water partition coefficient (Wildman–Crippen LogP) is 2.76. The summed E-state index contributed by atoms with van der Waals surface area (Å²) in [4.78, 5) is 31.5. The normalized spacial score (nSPS) is 15.7. The summed E-state index contributed by atoms with van der Waals surface area (Å²) in [5.74, 6) is 6.23.